The van der Waals surface area contributed by atoms with Crippen LogP contribution >= 0.6 is 0 Å². The number of esters is 1. The maximum atomic E-state index is 11.8. The van der Waals surface area contributed by atoms with Crippen LogP contribution in [0.5, 0.6) is 0 Å². The van der Waals surface area contributed by atoms with Gasteiger partial charge in [-0.25, -0.2) is 0 Å². The molecule has 2 rings (SSSR count). The molecule has 1 aliphatic heterocycles. The van der Waals surface area contributed by atoms with E-state index in [1.807, 2.05) is 0 Å². The van der Waals surface area contributed by atoms with Crippen molar-refractivity contribution in [1.82, 2.24) is 10.1 Å². The van der Waals surface area contributed by atoms with E-state index in [4.69, 9.17) is 14.0 Å². The minimum Gasteiger partial charge on any atom is -0.465 e. The molecule has 1 fully saturated rings. The molecule has 1 saturated heterocycles. The Morgan fingerprint density at radius 1 is 1.56 bits per heavy atom. The summed E-state index contributed by atoms with van der Waals surface area (Å²) in [7, 11) is 0. The molecule has 18 heavy (non-hydrogen) atoms. The molecule has 6 heteroatoms. The van der Waals surface area contributed by atoms with Crippen molar-refractivity contribution in [2.24, 2.45) is 0 Å². The van der Waals surface area contributed by atoms with Crippen LogP contribution in [0.25, 0.3) is 0 Å². The number of aromatic nitrogens is 2. The Bertz CT molecular complexity index is 421. The fraction of sp³-hybridized carbons (Fsp3) is 0.750. The van der Waals surface area contributed by atoms with Gasteiger partial charge in [-0.15, -0.1) is 0 Å². The van der Waals surface area contributed by atoms with Crippen LogP contribution in [0.15, 0.2) is 4.52 Å². The van der Waals surface area contributed by atoms with Crippen LogP contribution in [0.1, 0.15) is 51.4 Å². The molecule has 0 amide bonds. The van der Waals surface area contributed by atoms with Crippen LogP contribution in [0, 0.1) is 0 Å². The molecule has 0 radical (unpaired) electrons. The number of hydrogen-bond donors (Lipinski definition) is 0. The molecule has 0 saturated carbocycles. The van der Waals surface area contributed by atoms with E-state index < -0.39 is 5.41 Å². The van der Waals surface area contributed by atoms with Crippen molar-refractivity contribution in [2.75, 3.05) is 13.2 Å². The van der Waals surface area contributed by atoms with Gasteiger partial charge in [-0.2, -0.15) is 4.98 Å². The highest BCUT2D eigenvalue weighted by Crippen LogP contribution is 2.29. The van der Waals surface area contributed by atoms with Gasteiger partial charge in [-0.1, -0.05) is 5.16 Å². The van der Waals surface area contributed by atoms with Gasteiger partial charge in [0.25, 0.3) is 0 Å². The standard InChI is InChI=1S/C12H18N2O4/c1-4-16-11(15)12(2,3)10-13-9(14-18-10)8-6-5-7-17-8/h8H,4-7H2,1-3H3. The molecular weight excluding hydrogens is 236 g/mol. The molecule has 1 aromatic rings. The number of hydrogen-bond acceptors (Lipinski definition) is 6. The molecule has 0 N–H and O–H groups in total. The Balaban J connectivity index is 2.15. The van der Waals surface area contributed by atoms with E-state index in [0.717, 1.165) is 19.4 Å². The monoisotopic (exact) mass is 254 g/mol. The van der Waals surface area contributed by atoms with Crippen LogP contribution in [-0.4, -0.2) is 29.3 Å². The molecule has 0 aromatic carbocycles. The summed E-state index contributed by atoms with van der Waals surface area (Å²) in [6.45, 7) is 6.22. The highest BCUT2D eigenvalue weighted by atomic mass is 16.5. The molecule has 1 atom stereocenters. The fourth-order valence-electron chi connectivity index (χ4n) is 1.80. The zero-order chi connectivity index (χ0) is 13.2. The van der Waals surface area contributed by atoms with Crippen LogP contribution < -0.4 is 0 Å². The van der Waals surface area contributed by atoms with E-state index in [-0.39, 0.29) is 18.0 Å². The first-order valence-corrected chi connectivity index (χ1v) is 6.18. The molecule has 2 heterocycles. The highest BCUT2D eigenvalue weighted by Gasteiger charge is 2.38. The molecule has 1 aromatic heterocycles. The minimum atomic E-state index is -0.931. The zero-order valence-corrected chi connectivity index (χ0v) is 10.9. The average Bonchev–Trinajstić information content (AvgIpc) is 3.00. The second-order valence-corrected chi connectivity index (χ2v) is 4.80. The molecule has 100 valence electrons. The molecular formula is C12H18N2O4. The van der Waals surface area contributed by atoms with Crippen molar-refractivity contribution in [3.63, 3.8) is 0 Å². The van der Waals surface area contributed by atoms with E-state index in [0.29, 0.717) is 12.4 Å². The van der Waals surface area contributed by atoms with Crippen molar-refractivity contribution in [1.29, 1.82) is 0 Å². The van der Waals surface area contributed by atoms with Crippen molar-refractivity contribution < 1.29 is 18.8 Å². The summed E-state index contributed by atoms with van der Waals surface area (Å²) >= 11 is 0. The van der Waals surface area contributed by atoms with E-state index in [1.165, 1.54) is 0 Å². The number of ether oxygens (including phenoxy) is 2. The topological polar surface area (TPSA) is 74.5 Å². The predicted molar refractivity (Wildman–Crippen MR) is 61.9 cm³/mol. The third-order valence-electron chi connectivity index (χ3n) is 2.98. The lowest BCUT2D eigenvalue weighted by Gasteiger charge is -2.17. The summed E-state index contributed by atoms with van der Waals surface area (Å²) in [6, 6.07) is 0. The lowest BCUT2D eigenvalue weighted by Crippen LogP contribution is -2.31. The normalized spacial score (nSPS) is 20.1. The van der Waals surface area contributed by atoms with Crippen molar-refractivity contribution in [3.8, 4) is 0 Å². The van der Waals surface area contributed by atoms with Crippen LogP contribution in [0.4, 0.5) is 0 Å². The minimum absolute atomic E-state index is 0.111. The smallest absolute Gasteiger partial charge is 0.321 e. The maximum absolute atomic E-state index is 11.8. The van der Waals surface area contributed by atoms with E-state index in [1.54, 1.807) is 20.8 Å². The van der Waals surface area contributed by atoms with Crippen molar-refractivity contribution in [3.05, 3.63) is 11.7 Å². The van der Waals surface area contributed by atoms with Gasteiger partial charge in [0, 0.05) is 6.61 Å². The summed E-state index contributed by atoms with van der Waals surface area (Å²) < 4.78 is 15.6. The van der Waals surface area contributed by atoms with Crippen LogP contribution in [0.3, 0.4) is 0 Å². The largest absolute Gasteiger partial charge is 0.465 e. The van der Waals surface area contributed by atoms with Crippen molar-refractivity contribution >= 4 is 5.97 Å². The number of carbonyl (C=O) groups excluding carboxylic acids is 1. The summed E-state index contributed by atoms with van der Waals surface area (Å²) in [5, 5.41) is 3.89. The van der Waals surface area contributed by atoms with Gasteiger partial charge in [0.2, 0.25) is 11.7 Å². The summed E-state index contributed by atoms with van der Waals surface area (Å²) in [5.41, 5.74) is -0.931. The number of carbonyl (C=O) groups is 1. The maximum Gasteiger partial charge on any atom is 0.321 e. The molecule has 0 bridgehead atoms. The molecule has 1 unspecified atom stereocenters. The van der Waals surface area contributed by atoms with Gasteiger partial charge < -0.3 is 14.0 Å². The van der Waals surface area contributed by atoms with Gasteiger partial charge in [0.15, 0.2) is 0 Å². The van der Waals surface area contributed by atoms with Gasteiger partial charge >= 0.3 is 5.97 Å². The van der Waals surface area contributed by atoms with Gasteiger partial charge in [0.1, 0.15) is 11.5 Å². The summed E-state index contributed by atoms with van der Waals surface area (Å²) in [4.78, 5) is 16.1. The first-order valence-electron chi connectivity index (χ1n) is 6.18. The molecule has 0 spiro atoms. The SMILES string of the molecule is CCOC(=O)C(C)(C)c1nc(C2CCCO2)no1. The second kappa shape index (κ2) is 5.06. The Kier molecular flexibility index (Phi) is 3.65. The molecule has 0 aliphatic carbocycles. The first kappa shape index (κ1) is 13.0. The first-order chi connectivity index (χ1) is 8.55. The Morgan fingerprint density at radius 2 is 2.33 bits per heavy atom. The Morgan fingerprint density at radius 3 is 2.94 bits per heavy atom. The summed E-state index contributed by atoms with van der Waals surface area (Å²) in [5.74, 6) is 0.416. The molecule has 6 nitrogen and oxygen atoms in total. The summed E-state index contributed by atoms with van der Waals surface area (Å²) in [6.07, 6.45) is 1.77. The van der Waals surface area contributed by atoms with Gasteiger partial charge in [0.05, 0.1) is 6.61 Å². The number of nitrogens with zero attached hydrogens (tertiary/aromatic N) is 2. The average molecular weight is 254 g/mol. The number of rotatable bonds is 4. The van der Waals surface area contributed by atoms with Crippen molar-refractivity contribution in [2.45, 2.75) is 45.1 Å². The predicted octanol–water partition coefficient (Wildman–Crippen LogP) is 1.76. The Labute approximate surface area is 106 Å². The highest BCUT2D eigenvalue weighted by molar-refractivity contribution is 5.80. The van der Waals surface area contributed by atoms with Gasteiger partial charge in [-0.05, 0) is 33.6 Å². The fourth-order valence-corrected chi connectivity index (χ4v) is 1.80. The van der Waals surface area contributed by atoms with E-state index >= 15 is 0 Å². The van der Waals surface area contributed by atoms with Gasteiger partial charge in [-0.3, -0.25) is 4.79 Å². The lowest BCUT2D eigenvalue weighted by atomic mass is 9.94. The Hall–Kier alpha value is -1.43. The second-order valence-electron chi connectivity index (χ2n) is 4.80. The van der Waals surface area contributed by atoms with Crippen LogP contribution in [-0.2, 0) is 19.7 Å². The third-order valence-corrected chi connectivity index (χ3v) is 2.98. The molecule has 1 aliphatic rings. The van der Waals surface area contributed by atoms with E-state index in [2.05, 4.69) is 10.1 Å². The zero-order valence-electron chi connectivity index (χ0n) is 10.9. The third kappa shape index (κ3) is 2.38. The van der Waals surface area contributed by atoms with E-state index in [9.17, 15) is 4.79 Å². The van der Waals surface area contributed by atoms with Crippen LogP contribution in [0.2, 0.25) is 0 Å². The quantitative estimate of drug-likeness (QED) is 0.762. The lowest BCUT2D eigenvalue weighted by molar-refractivity contribution is -0.149.